The second-order valence-electron chi connectivity index (χ2n) is 5.49. The molecule has 0 aliphatic carbocycles. The fourth-order valence-corrected chi connectivity index (χ4v) is 2.70. The van der Waals surface area contributed by atoms with E-state index in [2.05, 4.69) is 31.0 Å². The number of anilines is 2. The van der Waals surface area contributed by atoms with Gasteiger partial charge in [0.05, 0.1) is 11.5 Å². The summed E-state index contributed by atoms with van der Waals surface area (Å²) >= 11 is 1.21. The van der Waals surface area contributed by atoms with Crippen molar-refractivity contribution < 1.29 is 9.18 Å². The molecule has 3 aromatic rings. The van der Waals surface area contributed by atoms with Gasteiger partial charge in [-0.3, -0.25) is 4.79 Å². The number of rotatable bonds is 7. The number of nitrogens with one attached hydrogen (secondary N) is 3. The maximum Gasteiger partial charge on any atom is 0.240 e. The van der Waals surface area contributed by atoms with Gasteiger partial charge in [-0.25, -0.2) is 14.9 Å². The number of benzene rings is 2. The monoisotopic (exact) mass is 384 g/mol. The Bertz CT molecular complexity index is 927. The second-order valence-corrected chi connectivity index (χ2v) is 6.43. The molecular formula is C18H17FN6OS. The van der Waals surface area contributed by atoms with E-state index in [0.29, 0.717) is 16.8 Å². The van der Waals surface area contributed by atoms with Gasteiger partial charge in [0.25, 0.3) is 0 Å². The predicted octanol–water partition coefficient (Wildman–Crippen LogP) is 3.51. The molecule has 2 aromatic carbocycles. The first kappa shape index (κ1) is 18.6. The van der Waals surface area contributed by atoms with Gasteiger partial charge in [0.2, 0.25) is 17.0 Å². The first-order valence-corrected chi connectivity index (χ1v) is 9.05. The topological polar surface area (TPSA) is 95.1 Å². The molecule has 27 heavy (non-hydrogen) atoms. The average molecular weight is 384 g/mol. The first-order chi connectivity index (χ1) is 13.1. The summed E-state index contributed by atoms with van der Waals surface area (Å²) < 4.78 is 12.9. The number of aromatic nitrogens is 3. The van der Waals surface area contributed by atoms with Crippen LogP contribution in [0.3, 0.4) is 0 Å². The average Bonchev–Trinajstić information content (AvgIpc) is 3.14. The van der Waals surface area contributed by atoms with Gasteiger partial charge in [0, 0.05) is 5.69 Å². The summed E-state index contributed by atoms with van der Waals surface area (Å²) in [6.45, 7) is 1.79. The summed E-state index contributed by atoms with van der Waals surface area (Å²) in [4.78, 5) is 16.1. The third-order valence-corrected chi connectivity index (χ3v) is 4.29. The van der Waals surface area contributed by atoms with Crippen LogP contribution in [-0.4, -0.2) is 32.6 Å². The number of hydrogen-bond acceptors (Lipinski definition) is 6. The lowest BCUT2D eigenvalue weighted by Crippen LogP contribution is -2.13. The quantitative estimate of drug-likeness (QED) is 0.329. The van der Waals surface area contributed by atoms with Crippen LogP contribution in [0.2, 0.25) is 0 Å². The van der Waals surface area contributed by atoms with E-state index in [4.69, 9.17) is 0 Å². The summed E-state index contributed by atoms with van der Waals surface area (Å²) in [5, 5.41) is 14.1. The van der Waals surface area contributed by atoms with Crippen LogP contribution >= 0.6 is 11.8 Å². The van der Waals surface area contributed by atoms with Crippen molar-refractivity contribution in [3.63, 3.8) is 0 Å². The van der Waals surface area contributed by atoms with Crippen molar-refractivity contribution in [1.29, 1.82) is 0 Å². The van der Waals surface area contributed by atoms with Crippen LogP contribution in [-0.2, 0) is 4.79 Å². The van der Waals surface area contributed by atoms with E-state index >= 15 is 0 Å². The number of para-hydroxylation sites is 1. The van der Waals surface area contributed by atoms with Gasteiger partial charge in [0.15, 0.2) is 0 Å². The van der Waals surface area contributed by atoms with Gasteiger partial charge in [-0.15, -0.1) is 5.10 Å². The van der Waals surface area contributed by atoms with Crippen LogP contribution < -0.4 is 10.7 Å². The minimum atomic E-state index is -0.298. The van der Waals surface area contributed by atoms with E-state index in [1.165, 1.54) is 23.9 Å². The van der Waals surface area contributed by atoms with E-state index in [1.807, 2.05) is 30.3 Å². The lowest BCUT2D eigenvalue weighted by atomic mass is 10.1. The number of hydrogen-bond donors (Lipinski definition) is 3. The lowest BCUT2D eigenvalue weighted by Gasteiger charge is -2.02. The Balaban J connectivity index is 1.50. The Morgan fingerprint density at radius 1 is 1.19 bits per heavy atom. The number of amides is 1. The number of thioether (sulfide) groups is 1. The van der Waals surface area contributed by atoms with E-state index < -0.39 is 0 Å². The Kier molecular flexibility index (Phi) is 6.16. The molecule has 0 aliphatic rings. The minimum absolute atomic E-state index is 0.143. The molecule has 0 spiro atoms. The smallest absolute Gasteiger partial charge is 0.240 e. The van der Waals surface area contributed by atoms with Crippen molar-refractivity contribution in [1.82, 2.24) is 15.2 Å². The highest BCUT2D eigenvalue weighted by Gasteiger charge is 2.08. The van der Waals surface area contributed by atoms with Gasteiger partial charge in [-0.1, -0.05) is 42.1 Å². The van der Waals surface area contributed by atoms with E-state index in [9.17, 15) is 9.18 Å². The van der Waals surface area contributed by atoms with Crippen LogP contribution in [0.25, 0.3) is 0 Å². The zero-order chi connectivity index (χ0) is 19.1. The fourth-order valence-electron chi connectivity index (χ4n) is 2.10. The summed E-state index contributed by atoms with van der Waals surface area (Å²) in [5.41, 5.74) is 4.96. The van der Waals surface area contributed by atoms with Gasteiger partial charge in [0.1, 0.15) is 5.82 Å². The largest absolute Gasteiger partial charge is 0.325 e. The molecule has 0 bridgehead atoms. The first-order valence-electron chi connectivity index (χ1n) is 8.06. The van der Waals surface area contributed by atoms with Gasteiger partial charge in [-0.2, -0.15) is 10.1 Å². The van der Waals surface area contributed by atoms with Crippen molar-refractivity contribution in [2.45, 2.75) is 12.1 Å². The van der Waals surface area contributed by atoms with Gasteiger partial charge in [-0.05, 0) is 36.8 Å². The molecule has 3 N–H and O–H groups in total. The van der Waals surface area contributed by atoms with Crippen molar-refractivity contribution in [2.75, 3.05) is 16.5 Å². The number of nitrogens with zero attached hydrogens (tertiary/aromatic N) is 3. The molecule has 3 rings (SSSR count). The molecule has 7 nitrogen and oxygen atoms in total. The van der Waals surface area contributed by atoms with Crippen LogP contribution in [0.1, 0.15) is 12.5 Å². The summed E-state index contributed by atoms with van der Waals surface area (Å²) in [5.74, 6) is 0.0928. The highest BCUT2D eigenvalue weighted by atomic mass is 32.2. The van der Waals surface area contributed by atoms with Crippen LogP contribution in [0.15, 0.2) is 64.9 Å². The Morgan fingerprint density at radius 3 is 2.67 bits per heavy atom. The SMILES string of the molecule is C/C(=N\Nc1nc(SCC(=O)Nc2ccccc2)n[nH]1)c1ccc(F)cc1. The highest BCUT2D eigenvalue weighted by Crippen LogP contribution is 2.15. The summed E-state index contributed by atoms with van der Waals surface area (Å²) in [6.07, 6.45) is 0. The zero-order valence-corrected chi connectivity index (χ0v) is 15.3. The molecule has 1 aromatic heterocycles. The standard InChI is InChI=1S/C18H17FN6OS/c1-12(13-7-9-14(19)10-8-13)22-23-17-21-18(25-24-17)27-11-16(26)20-15-5-3-2-4-6-15/h2-10H,11H2,1H3,(H,20,26)(H2,21,23,24,25)/b22-12+. The molecule has 1 heterocycles. The van der Waals surface area contributed by atoms with E-state index in [0.717, 1.165) is 11.3 Å². The normalized spacial score (nSPS) is 11.3. The second kappa shape index (κ2) is 8.95. The Hall–Kier alpha value is -3.20. The summed E-state index contributed by atoms with van der Waals surface area (Å²) in [7, 11) is 0. The highest BCUT2D eigenvalue weighted by molar-refractivity contribution is 7.99. The lowest BCUT2D eigenvalue weighted by molar-refractivity contribution is -0.113. The molecule has 0 aliphatic heterocycles. The molecule has 0 fully saturated rings. The van der Waals surface area contributed by atoms with Crippen LogP contribution in [0.4, 0.5) is 16.0 Å². The zero-order valence-electron chi connectivity index (χ0n) is 14.4. The fraction of sp³-hybridized carbons (Fsp3) is 0.111. The van der Waals surface area contributed by atoms with E-state index in [-0.39, 0.29) is 17.5 Å². The number of aromatic amines is 1. The molecule has 0 radical (unpaired) electrons. The maximum atomic E-state index is 12.9. The van der Waals surface area contributed by atoms with Crippen molar-refractivity contribution in [2.24, 2.45) is 5.10 Å². The number of H-pyrrole nitrogens is 1. The van der Waals surface area contributed by atoms with Crippen LogP contribution in [0, 0.1) is 5.82 Å². The number of carbonyl (C=O) groups is 1. The minimum Gasteiger partial charge on any atom is -0.325 e. The molecule has 0 saturated carbocycles. The number of hydrazone groups is 1. The maximum absolute atomic E-state index is 12.9. The third kappa shape index (κ3) is 5.65. The van der Waals surface area contributed by atoms with Crippen molar-refractivity contribution >= 4 is 35.0 Å². The molecule has 0 unspecified atom stereocenters. The van der Waals surface area contributed by atoms with Crippen molar-refractivity contribution in [3.8, 4) is 0 Å². The third-order valence-electron chi connectivity index (χ3n) is 3.45. The van der Waals surface area contributed by atoms with E-state index in [1.54, 1.807) is 19.1 Å². The number of carbonyl (C=O) groups excluding carboxylic acids is 1. The molecule has 0 atom stereocenters. The molecule has 138 valence electrons. The van der Waals surface area contributed by atoms with Gasteiger partial charge < -0.3 is 5.32 Å². The molecule has 1 amide bonds. The predicted molar refractivity (Wildman–Crippen MR) is 104 cm³/mol. The van der Waals surface area contributed by atoms with Gasteiger partial charge >= 0.3 is 0 Å². The molecule has 0 saturated heterocycles. The van der Waals surface area contributed by atoms with Crippen LogP contribution in [0.5, 0.6) is 0 Å². The Labute approximate surface area is 159 Å². The number of halogens is 1. The Morgan fingerprint density at radius 2 is 1.93 bits per heavy atom. The summed E-state index contributed by atoms with van der Waals surface area (Å²) in [6, 6.07) is 15.3. The molecule has 9 heteroatoms. The molecular weight excluding hydrogens is 367 g/mol. The van der Waals surface area contributed by atoms with Crippen molar-refractivity contribution in [3.05, 3.63) is 66.0 Å².